The molecule has 10 heteroatoms. The highest BCUT2D eigenvalue weighted by atomic mass is 16.7. The van der Waals surface area contributed by atoms with Gasteiger partial charge in [-0.25, -0.2) is 0 Å². The predicted octanol–water partition coefficient (Wildman–Crippen LogP) is 7.14. The van der Waals surface area contributed by atoms with E-state index in [4.69, 9.17) is 18.6 Å². The molecule has 4 rings (SSSR count). The third-order valence-corrected chi connectivity index (χ3v) is 10.4. The first-order valence-electron chi connectivity index (χ1n) is 18.0. The lowest BCUT2D eigenvalue weighted by Gasteiger charge is -2.32. The summed E-state index contributed by atoms with van der Waals surface area (Å²) in [6, 6.07) is 10.9. The molecule has 0 aromatic heterocycles. The van der Waals surface area contributed by atoms with Crippen LogP contribution in [0.1, 0.15) is 131 Å². The molecule has 8 nitrogen and oxygen atoms in total. The van der Waals surface area contributed by atoms with Crippen molar-refractivity contribution in [2.75, 3.05) is 13.1 Å². The van der Waals surface area contributed by atoms with Gasteiger partial charge in [-0.05, 0) is 103 Å². The van der Waals surface area contributed by atoms with Crippen LogP contribution < -0.4 is 10.9 Å². The number of benzene rings is 2. The monoisotopic (exact) mass is 660 g/mol. The van der Waals surface area contributed by atoms with Crippen molar-refractivity contribution in [2.24, 2.45) is 9.98 Å². The Kier molecular flexibility index (Phi) is 13.0. The number of nitrogens with zero attached hydrogens (tertiary/aromatic N) is 2. The van der Waals surface area contributed by atoms with Gasteiger partial charge in [0.25, 0.3) is 0 Å². The van der Waals surface area contributed by atoms with E-state index in [1.807, 2.05) is 79.7 Å². The maximum Gasteiger partial charge on any atom is 0.494 e. The maximum atomic E-state index is 10.3. The van der Waals surface area contributed by atoms with Crippen molar-refractivity contribution in [1.82, 2.24) is 0 Å². The highest BCUT2D eigenvalue weighted by Crippen LogP contribution is 2.37. The summed E-state index contributed by atoms with van der Waals surface area (Å²) in [7, 11) is -0.912. The predicted molar refractivity (Wildman–Crippen MR) is 199 cm³/mol. The first-order valence-corrected chi connectivity index (χ1v) is 18.0. The van der Waals surface area contributed by atoms with Gasteiger partial charge >= 0.3 is 14.2 Å². The third kappa shape index (κ3) is 9.96. The van der Waals surface area contributed by atoms with E-state index < -0.39 is 36.6 Å². The molecule has 2 aliphatic rings. The molecule has 0 bridgehead atoms. The van der Waals surface area contributed by atoms with Crippen LogP contribution in [0.25, 0.3) is 0 Å². The molecule has 0 saturated carbocycles. The summed E-state index contributed by atoms with van der Waals surface area (Å²) >= 11 is 0. The molecule has 2 fully saturated rings. The Hall–Kier alpha value is -2.65. The second kappa shape index (κ2) is 16.4. The van der Waals surface area contributed by atoms with Crippen LogP contribution in [0.4, 0.5) is 0 Å². The Morgan fingerprint density at radius 2 is 0.792 bits per heavy atom. The van der Waals surface area contributed by atoms with Crippen LogP contribution in [0.5, 0.6) is 11.5 Å². The van der Waals surface area contributed by atoms with Crippen molar-refractivity contribution in [2.45, 2.75) is 142 Å². The highest BCUT2D eigenvalue weighted by Gasteiger charge is 2.52. The lowest BCUT2D eigenvalue weighted by atomic mass is 9.78. The first kappa shape index (κ1) is 38.2. The van der Waals surface area contributed by atoms with Gasteiger partial charge in [0.1, 0.15) is 11.5 Å². The van der Waals surface area contributed by atoms with Crippen LogP contribution in [-0.4, -0.2) is 72.4 Å². The van der Waals surface area contributed by atoms with Crippen LogP contribution in [0.15, 0.2) is 46.4 Å². The number of unbranched alkanes of at least 4 members (excludes halogenated alkanes) is 9. The minimum Gasteiger partial charge on any atom is -0.507 e. The van der Waals surface area contributed by atoms with Gasteiger partial charge in [-0.3, -0.25) is 9.98 Å². The number of rotatable bonds is 17. The molecule has 262 valence electrons. The average molecular weight is 661 g/mol. The zero-order valence-electron chi connectivity index (χ0n) is 30.7. The van der Waals surface area contributed by atoms with Gasteiger partial charge in [0.2, 0.25) is 0 Å². The van der Waals surface area contributed by atoms with Crippen LogP contribution in [0.2, 0.25) is 0 Å². The molecule has 2 aromatic carbocycles. The largest absolute Gasteiger partial charge is 0.507 e. The molecule has 2 saturated heterocycles. The Morgan fingerprint density at radius 1 is 0.500 bits per heavy atom. The second-order valence-electron chi connectivity index (χ2n) is 15.4. The van der Waals surface area contributed by atoms with Crippen LogP contribution in [0, 0.1) is 0 Å². The molecule has 0 unspecified atom stereocenters. The van der Waals surface area contributed by atoms with Crippen molar-refractivity contribution in [1.29, 1.82) is 0 Å². The summed E-state index contributed by atoms with van der Waals surface area (Å²) in [5.74, 6) is 0.431. The Labute approximate surface area is 290 Å². The molecule has 2 aliphatic heterocycles. The van der Waals surface area contributed by atoms with E-state index in [1.54, 1.807) is 24.6 Å². The van der Waals surface area contributed by atoms with Gasteiger partial charge in [0.15, 0.2) is 0 Å². The number of hydrogen-bond donors (Lipinski definition) is 2. The van der Waals surface area contributed by atoms with E-state index in [9.17, 15) is 10.2 Å². The molecule has 0 spiro atoms. The zero-order valence-corrected chi connectivity index (χ0v) is 30.7. The number of aromatic hydroxyl groups is 2. The zero-order chi connectivity index (χ0) is 35.0. The van der Waals surface area contributed by atoms with Gasteiger partial charge in [-0.2, -0.15) is 0 Å². The number of phenolic OH excluding ortho intramolecular Hbond substituents is 2. The molecule has 0 amide bonds. The Balaban J connectivity index is 1.02. The van der Waals surface area contributed by atoms with E-state index in [2.05, 4.69) is 9.98 Å². The van der Waals surface area contributed by atoms with E-state index >= 15 is 0 Å². The summed E-state index contributed by atoms with van der Waals surface area (Å²) in [6.07, 6.45) is 15.5. The van der Waals surface area contributed by atoms with Crippen molar-refractivity contribution < 1.29 is 28.8 Å². The van der Waals surface area contributed by atoms with E-state index in [0.717, 1.165) is 36.9 Å². The molecular formula is C38H58B2N2O6. The minimum absolute atomic E-state index is 0.215. The summed E-state index contributed by atoms with van der Waals surface area (Å²) in [6.45, 7) is 17.8. The van der Waals surface area contributed by atoms with Crippen molar-refractivity contribution in [3.63, 3.8) is 0 Å². The molecule has 0 aliphatic carbocycles. The lowest BCUT2D eigenvalue weighted by Crippen LogP contribution is -2.41. The molecule has 0 radical (unpaired) electrons. The van der Waals surface area contributed by atoms with Crippen molar-refractivity contribution >= 4 is 37.6 Å². The fourth-order valence-electron chi connectivity index (χ4n) is 5.75. The van der Waals surface area contributed by atoms with Crippen molar-refractivity contribution in [3.05, 3.63) is 47.5 Å². The third-order valence-electron chi connectivity index (χ3n) is 10.4. The molecule has 2 N–H and O–H groups in total. The van der Waals surface area contributed by atoms with Crippen molar-refractivity contribution in [3.8, 4) is 11.5 Å². The number of aliphatic imine (C=N–C) groups is 2. The summed E-state index contributed by atoms with van der Waals surface area (Å²) in [5.41, 5.74) is 1.55. The van der Waals surface area contributed by atoms with Crippen LogP contribution in [0.3, 0.4) is 0 Å². The topological polar surface area (TPSA) is 102 Å². The standard InChI is InChI=1S/C38H58B2N2O6/c1-35(2)36(3,4)46-39(45-35)31-19-21-33(43)29(25-31)27-41-23-17-15-13-11-9-10-12-14-16-18-24-42-28-30-26-32(20-22-34(30)44)40-47-37(5,6)38(7,8)48-40/h19-22,25-28,43-44H,9-18,23-24H2,1-8H3. The molecule has 2 aromatic rings. The van der Waals surface area contributed by atoms with Gasteiger partial charge in [0, 0.05) is 36.6 Å². The second-order valence-corrected chi connectivity index (χ2v) is 15.4. The van der Waals surface area contributed by atoms with Gasteiger partial charge in [-0.15, -0.1) is 0 Å². The van der Waals surface area contributed by atoms with Gasteiger partial charge in [0.05, 0.1) is 22.4 Å². The fraction of sp³-hybridized carbons (Fsp3) is 0.632. The van der Waals surface area contributed by atoms with E-state index in [-0.39, 0.29) is 11.5 Å². The van der Waals surface area contributed by atoms with E-state index in [1.165, 1.54) is 51.4 Å². The van der Waals surface area contributed by atoms with Gasteiger partial charge < -0.3 is 28.8 Å². The SMILES string of the molecule is CC1(C)OB(c2ccc(O)c(C=NCCCCCCCCCCCCN=Cc3cc(B4OC(C)(C)C(C)(C)O4)ccc3O)c2)OC1(C)C. The highest BCUT2D eigenvalue weighted by molar-refractivity contribution is 6.62. The minimum atomic E-state index is -0.456. The van der Waals surface area contributed by atoms with Gasteiger partial charge in [-0.1, -0.05) is 63.5 Å². The number of hydrogen-bond acceptors (Lipinski definition) is 8. The average Bonchev–Trinajstić information content (AvgIpc) is 3.37. The first-order chi connectivity index (χ1) is 22.6. The Bertz CT molecular complexity index is 1270. The normalized spacial score (nSPS) is 19.7. The summed E-state index contributed by atoms with van der Waals surface area (Å²) in [5, 5.41) is 20.6. The quantitative estimate of drug-likeness (QED) is 0.106. The smallest absolute Gasteiger partial charge is 0.494 e. The molecule has 48 heavy (non-hydrogen) atoms. The lowest BCUT2D eigenvalue weighted by molar-refractivity contribution is 0.00578. The molecular weight excluding hydrogens is 602 g/mol. The molecule has 2 heterocycles. The Morgan fingerprint density at radius 3 is 1.10 bits per heavy atom. The summed E-state index contributed by atoms with van der Waals surface area (Å²) < 4.78 is 24.6. The molecule has 0 atom stereocenters. The van der Waals surface area contributed by atoms with Crippen LogP contribution >= 0.6 is 0 Å². The number of phenols is 2. The maximum absolute atomic E-state index is 10.3. The van der Waals surface area contributed by atoms with Crippen LogP contribution in [-0.2, 0) is 18.6 Å². The fourth-order valence-corrected chi connectivity index (χ4v) is 5.75. The summed E-state index contributed by atoms with van der Waals surface area (Å²) in [4.78, 5) is 9.14. The van der Waals surface area contributed by atoms with E-state index in [0.29, 0.717) is 11.1 Å².